The van der Waals surface area contributed by atoms with Gasteiger partial charge in [0, 0.05) is 35.5 Å². The van der Waals surface area contributed by atoms with Crippen molar-refractivity contribution in [1.82, 2.24) is 20.2 Å². The number of benzene rings is 1. The number of rotatable bonds is 5. The Balaban J connectivity index is 1.75. The maximum Gasteiger partial charge on any atom is 0.188 e. The van der Waals surface area contributed by atoms with Gasteiger partial charge < -0.3 is 10.5 Å². The minimum atomic E-state index is -0.530. The summed E-state index contributed by atoms with van der Waals surface area (Å²) in [4.78, 5) is 7.85. The van der Waals surface area contributed by atoms with Gasteiger partial charge in [-0.25, -0.2) is 14.4 Å². The van der Waals surface area contributed by atoms with Crippen molar-refractivity contribution in [1.29, 1.82) is 0 Å². The minimum absolute atomic E-state index is 0.0148. The van der Waals surface area contributed by atoms with Crippen molar-refractivity contribution in [2.75, 3.05) is 12.3 Å². The lowest BCUT2D eigenvalue weighted by molar-refractivity contribution is 0.322. The first-order chi connectivity index (χ1) is 12.1. The summed E-state index contributed by atoms with van der Waals surface area (Å²) < 4.78 is 19.2. The molecule has 0 unspecified atom stereocenters. The number of aromatic nitrogens is 4. The quantitative estimate of drug-likeness (QED) is 0.681. The van der Waals surface area contributed by atoms with Crippen LogP contribution in [0, 0.1) is 5.82 Å². The lowest BCUT2D eigenvalue weighted by Crippen LogP contribution is -2.07. The highest BCUT2D eigenvalue weighted by Crippen LogP contribution is 2.29. The van der Waals surface area contributed by atoms with E-state index in [9.17, 15) is 4.39 Å². The van der Waals surface area contributed by atoms with Gasteiger partial charge in [0.25, 0.3) is 0 Å². The zero-order chi connectivity index (χ0) is 17.8. The van der Waals surface area contributed by atoms with E-state index in [2.05, 4.69) is 20.2 Å². The maximum atomic E-state index is 13.5. The third-order valence-electron chi connectivity index (χ3n) is 3.39. The summed E-state index contributed by atoms with van der Waals surface area (Å²) in [6.07, 6.45) is 4.92. The van der Waals surface area contributed by atoms with Crippen LogP contribution in [0.1, 0.15) is 5.56 Å². The normalized spacial score (nSPS) is 10.7. The van der Waals surface area contributed by atoms with E-state index in [1.165, 1.54) is 18.5 Å². The zero-order valence-electron chi connectivity index (χ0n) is 12.8. The Bertz CT molecular complexity index is 895. The highest BCUT2D eigenvalue weighted by Gasteiger charge is 2.12. The number of nitrogens with zero attached hydrogens (tertiary/aromatic N) is 4. The van der Waals surface area contributed by atoms with Gasteiger partial charge in [0.05, 0.1) is 17.3 Å². The predicted octanol–water partition coefficient (Wildman–Crippen LogP) is 3.58. The molecule has 0 saturated heterocycles. The average molecular weight is 380 g/mol. The van der Waals surface area contributed by atoms with Crippen molar-refractivity contribution in [2.24, 2.45) is 0 Å². The molecule has 0 spiro atoms. The molecule has 0 amide bonds. The molecule has 2 heterocycles. The van der Waals surface area contributed by atoms with E-state index in [-0.39, 0.29) is 17.4 Å². The van der Waals surface area contributed by atoms with Crippen LogP contribution >= 0.6 is 23.2 Å². The van der Waals surface area contributed by atoms with Gasteiger partial charge in [0.15, 0.2) is 11.6 Å². The molecule has 0 aliphatic carbocycles. The maximum absolute atomic E-state index is 13.5. The molecule has 2 aromatic heterocycles. The Hall–Kier alpha value is -2.51. The van der Waals surface area contributed by atoms with Crippen LogP contribution in [-0.4, -0.2) is 26.8 Å². The molecule has 0 bridgehead atoms. The molecular weight excluding hydrogens is 368 g/mol. The predicted molar refractivity (Wildman–Crippen MR) is 93.1 cm³/mol. The zero-order valence-corrected chi connectivity index (χ0v) is 14.3. The highest BCUT2D eigenvalue weighted by atomic mass is 35.5. The summed E-state index contributed by atoms with van der Waals surface area (Å²) in [6, 6.07) is 4.30. The van der Waals surface area contributed by atoms with E-state index >= 15 is 0 Å². The summed E-state index contributed by atoms with van der Waals surface area (Å²) in [5.74, 6) is -0.0490. The van der Waals surface area contributed by atoms with Crippen molar-refractivity contribution in [3.05, 3.63) is 58.3 Å². The minimum Gasteiger partial charge on any atom is -0.489 e. The van der Waals surface area contributed by atoms with Gasteiger partial charge in [-0.15, -0.1) is 10.2 Å². The Labute approximate surface area is 152 Å². The standard InChI is InChI=1S/C16H12Cl2FN5O/c17-11-1-2-12(19)15(18)10(11)3-4-25-14-5-13(23-24-16(14)20)9-6-21-8-22-7-9/h1-2,5-8H,3-4H2,(H2,20,24). The fraction of sp³-hybridized carbons (Fsp3) is 0.125. The van der Waals surface area contributed by atoms with Crippen LogP contribution in [0.3, 0.4) is 0 Å². The molecule has 6 nitrogen and oxygen atoms in total. The first kappa shape index (κ1) is 17.3. The Morgan fingerprint density at radius 3 is 2.64 bits per heavy atom. The number of anilines is 1. The largest absolute Gasteiger partial charge is 0.489 e. The van der Waals surface area contributed by atoms with Crippen LogP contribution in [0.15, 0.2) is 36.9 Å². The van der Waals surface area contributed by atoms with Crippen molar-refractivity contribution in [3.63, 3.8) is 0 Å². The second kappa shape index (κ2) is 7.58. The second-order valence-electron chi connectivity index (χ2n) is 5.03. The molecule has 0 fully saturated rings. The number of halogens is 3. The molecule has 9 heteroatoms. The van der Waals surface area contributed by atoms with E-state index in [0.29, 0.717) is 34.0 Å². The molecule has 0 aliphatic rings. The SMILES string of the molecule is Nc1nnc(-c2cncnc2)cc1OCCc1c(Cl)ccc(F)c1Cl. The summed E-state index contributed by atoms with van der Waals surface area (Å²) in [5, 5.41) is 8.21. The number of nitrogen functional groups attached to an aromatic ring is 1. The molecule has 0 atom stereocenters. The average Bonchev–Trinajstić information content (AvgIpc) is 2.63. The first-order valence-corrected chi connectivity index (χ1v) is 7.95. The van der Waals surface area contributed by atoms with Gasteiger partial charge in [-0.1, -0.05) is 23.2 Å². The molecule has 0 radical (unpaired) electrons. The Morgan fingerprint density at radius 2 is 1.88 bits per heavy atom. The smallest absolute Gasteiger partial charge is 0.188 e. The fourth-order valence-electron chi connectivity index (χ4n) is 2.13. The number of nitrogens with two attached hydrogens (primary N) is 1. The number of hydrogen-bond acceptors (Lipinski definition) is 6. The van der Waals surface area contributed by atoms with Crippen molar-refractivity contribution in [2.45, 2.75) is 6.42 Å². The van der Waals surface area contributed by atoms with Gasteiger partial charge in [-0.05, 0) is 17.7 Å². The van der Waals surface area contributed by atoms with Crippen molar-refractivity contribution in [3.8, 4) is 17.0 Å². The topological polar surface area (TPSA) is 86.8 Å². The monoisotopic (exact) mass is 379 g/mol. The van der Waals surface area contributed by atoms with Crippen molar-refractivity contribution >= 4 is 29.0 Å². The third kappa shape index (κ3) is 3.94. The number of hydrogen-bond donors (Lipinski definition) is 1. The molecule has 1 aromatic carbocycles. The van der Waals surface area contributed by atoms with Crippen LogP contribution < -0.4 is 10.5 Å². The summed E-state index contributed by atoms with van der Waals surface area (Å²) in [7, 11) is 0. The highest BCUT2D eigenvalue weighted by molar-refractivity contribution is 6.36. The first-order valence-electron chi connectivity index (χ1n) is 7.20. The summed E-state index contributed by atoms with van der Waals surface area (Å²) in [6.45, 7) is 0.184. The van der Waals surface area contributed by atoms with Gasteiger partial charge in [-0.2, -0.15) is 0 Å². The molecule has 2 N–H and O–H groups in total. The van der Waals surface area contributed by atoms with Crippen molar-refractivity contribution < 1.29 is 9.13 Å². The summed E-state index contributed by atoms with van der Waals surface area (Å²) >= 11 is 12.0. The van der Waals surface area contributed by atoms with E-state index in [1.807, 2.05) is 0 Å². The molecule has 3 rings (SSSR count). The molecular formula is C16H12Cl2FN5O. The fourth-order valence-corrected chi connectivity index (χ4v) is 2.69. The molecule has 25 heavy (non-hydrogen) atoms. The van der Waals surface area contributed by atoms with Crippen LogP contribution in [0.5, 0.6) is 5.75 Å². The van der Waals surface area contributed by atoms with Crippen LogP contribution in [0.2, 0.25) is 10.0 Å². The van der Waals surface area contributed by atoms with E-state index in [4.69, 9.17) is 33.7 Å². The van der Waals surface area contributed by atoms with E-state index < -0.39 is 5.82 Å². The summed E-state index contributed by atoms with van der Waals surface area (Å²) in [5.41, 5.74) is 7.46. The molecule has 3 aromatic rings. The second-order valence-corrected chi connectivity index (χ2v) is 5.81. The van der Waals surface area contributed by atoms with Gasteiger partial charge in [0.1, 0.15) is 12.1 Å². The van der Waals surface area contributed by atoms with E-state index in [0.717, 1.165) is 0 Å². The van der Waals surface area contributed by atoms with Crippen LogP contribution in [-0.2, 0) is 6.42 Å². The van der Waals surface area contributed by atoms with Gasteiger partial charge in [-0.3, -0.25) is 0 Å². The molecule has 0 saturated carbocycles. The van der Waals surface area contributed by atoms with Gasteiger partial charge >= 0.3 is 0 Å². The lowest BCUT2D eigenvalue weighted by atomic mass is 10.1. The Morgan fingerprint density at radius 1 is 1.12 bits per heavy atom. The number of ether oxygens (including phenoxy) is 1. The third-order valence-corrected chi connectivity index (χ3v) is 4.15. The van der Waals surface area contributed by atoms with Crippen LogP contribution in [0.25, 0.3) is 11.3 Å². The molecule has 0 aliphatic heterocycles. The van der Waals surface area contributed by atoms with Crippen LogP contribution in [0.4, 0.5) is 10.2 Å². The van der Waals surface area contributed by atoms with E-state index in [1.54, 1.807) is 18.5 Å². The molecule has 128 valence electrons. The Kier molecular flexibility index (Phi) is 5.25. The van der Waals surface area contributed by atoms with Gasteiger partial charge in [0.2, 0.25) is 0 Å². The lowest BCUT2D eigenvalue weighted by Gasteiger charge is -2.11.